The van der Waals surface area contributed by atoms with E-state index in [1.165, 1.54) is 50.6 Å². The summed E-state index contributed by atoms with van der Waals surface area (Å²) in [6.07, 6.45) is 8.25. The van der Waals surface area contributed by atoms with Crippen molar-refractivity contribution in [2.45, 2.75) is 58.0 Å². The van der Waals surface area contributed by atoms with Crippen LogP contribution in [0.1, 0.15) is 51.0 Å². The van der Waals surface area contributed by atoms with Crippen LogP contribution in [0, 0.1) is 5.92 Å². The van der Waals surface area contributed by atoms with Crippen LogP contribution in [0.25, 0.3) is 0 Å². The number of nitrogens with one attached hydrogen (secondary N) is 1. The maximum atomic E-state index is 3.77. The molecule has 2 unspecified atom stereocenters. The van der Waals surface area contributed by atoms with Gasteiger partial charge >= 0.3 is 0 Å². The molecule has 2 atom stereocenters. The van der Waals surface area contributed by atoms with Gasteiger partial charge in [0, 0.05) is 12.6 Å². The molecule has 1 saturated carbocycles. The summed E-state index contributed by atoms with van der Waals surface area (Å²) < 4.78 is 0. The molecule has 1 aliphatic rings. The topological polar surface area (TPSA) is 15.3 Å². The predicted octanol–water partition coefficient (Wildman–Crippen LogP) is 4.07. The molecule has 1 N–H and O–H groups in total. The summed E-state index contributed by atoms with van der Waals surface area (Å²) in [5.74, 6) is 0.939. The average molecular weight is 288 g/mol. The van der Waals surface area contributed by atoms with Crippen molar-refractivity contribution in [3.63, 3.8) is 0 Å². The van der Waals surface area contributed by atoms with E-state index in [2.05, 4.69) is 54.5 Å². The molecule has 1 aromatic carbocycles. The van der Waals surface area contributed by atoms with Crippen molar-refractivity contribution in [1.82, 2.24) is 10.2 Å². The zero-order valence-electron chi connectivity index (χ0n) is 13.9. The molecule has 118 valence electrons. The SMILES string of the molecule is CC1CCCC(NCCCN(C)Cc2ccccc2)CC1. The Morgan fingerprint density at radius 2 is 1.90 bits per heavy atom. The lowest BCUT2D eigenvalue weighted by atomic mass is 10.0. The van der Waals surface area contributed by atoms with Crippen LogP contribution in [-0.2, 0) is 6.54 Å². The quantitative estimate of drug-likeness (QED) is 0.601. The minimum absolute atomic E-state index is 0.773. The fraction of sp³-hybridized carbons (Fsp3) is 0.684. The van der Waals surface area contributed by atoms with Gasteiger partial charge in [0.15, 0.2) is 0 Å². The number of hydrogen-bond acceptors (Lipinski definition) is 2. The third-order valence-corrected chi connectivity index (χ3v) is 4.70. The summed E-state index contributed by atoms with van der Waals surface area (Å²) in [5.41, 5.74) is 1.41. The maximum absolute atomic E-state index is 3.77. The third-order valence-electron chi connectivity index (χ3n) is 4.70. The van der Waals surface area contributed by atoms with Gasteiger partial charge < -0.3 is 10.2 Å². The number of nitrogens with zero attached hydrogens (tertiary/aromatic N) is 1. The van der Waals surface area contributed by atoms with Crippen molar-refractivity contribution in [3.8, 4) is 0 Å². The molecule has 0 spiro atoms. The van der Waals surface area contributed by atoms with E-state index in [4.69, 9.17) is 0 Å². The molecule has 21 heavy (non-hydrogen) atoms. The molecule has 1 fully saturated rings. The van der Waals surface area contributed by atoms with Crippen LogP contribution in [0.15, 0.2) is 30.3 Å². The number of benzene rings is 1. The fourth-order valence-corrected chi connectivity index (χ4v) is 3.32. The zero-order chi connectivity index (χ0) is 14.9. The Hall–Kier alpha value is -0.860. The lowest BCUT2D eigenvalue weighted by Crippen LogP contribution is -2.31. The van der Waals surface area contributed by atoms with Crippen molar-refractivity contribution >= 4 is 0 Å². The smallest absolute Gasteiger partial charge is 0.0230 e. The Balaban J connectivity index is 1.56. The van der Waals surface area contributed by atoms with Gasteiger partial charge in [0.2, 0.25) is 0 Å². The van der Waals surface area contributed by atoms with Gasteiger partial charge in [0.05, 0.1) is 0 Å². The monoisotopic (exact) mass is 288 g/mol. The van der Waals surface area contributed by atoms with E-state index in [1.54, 1.807) is 0 Å². The molecule has 1 aromatic rings. The van der Waals surface area contributed by atoms with E-state index in [0.717, 1.165) is 25.0 Å². The van der Waals surface area contributed by atoms with E-state index in [0.29, 0.717) is 0 Å². The lowest BCUT2D eigenvalue weighted by Gasteiger charge is -2.19. The summed E-state index contributed by atoms with van der Waals surface area (Å²) in [6, 6.07) is 11.5. The van der Waals surface area contributed by atoms with E-state index < -0.39 is 0 Å². The molecule has 0 saturated heterocycles. The molecule has 2 heteroatoms. The Kier molecular flexibility index (Phi) is 7.25. The molecule has 0 radical (unpaired) electrons. The Morgan fingerprint density at radius 3 is 2.71 bits per heavy atom. The van der Waals surface area contributed by atoms with Gasteiger partial charge in [-0.3, -0.25) is 0 Å². The maximum Gasteiger partial charge on any atom is 0.0230 e. The molecule has 0 aromatic heterocycles. The van der Waals surface area contributed by atoms with Gasteiger partial charge in [-0.25, -0.2) is 0 Å². The standard InChI is InChI=1S/C19H32N2/c1-17-8-6-11-19(13-12-17)20-14-7-15-21(2)16-18-9-4-3-5-10-18/h3-5,9-10,17,19-20H,6-8,11-16H2,1-2H3. The fourth-order valence-electron chi connectivity index (χ4n) is 3.32. The minimum Gasteiger partial charge on any atom is -0.314 e. The van der Waals surface area contributed by atoms with Crippen molar-refractivity contribution in [2.24, 2.45) is 5.92 Å². The molecular weight excluding hydrogens is 256 g/mol. The second-order valence-electron chi connectivity index (χ2n) is 6.84. The van der Waals surface area contributed by atoms with Crippen LogP contribution in [0.4, 0.5) is 0 Å². The molecule has 0 aliphatic heterocycles. The largest absolute Gasteiger partial charge is 0.314 e. The summed E-state index contributed by atoms with van der Waals surface area (Å²) in [7, 11) is 2.22. The first kappa shape index (κ1) is 16.5. The van der Waals surface area contributed by atoms with Crippen molar-refractivity contribution in [1.29, 1.82) is 0 Å². The number of rotatable bonds is 7. The van der Waals surface area contributed by atoms with Crippen LogP contribution >= 0.6 is 0 Å². The Morgan fingerprint density at radius 1 is 1.10 bits per heavy atom. The summed E-state index contributed by atoms with van der Waals surface area (Å²) >= 11 is 0. The highest BCUT2D eigenvalue weighted by Gasteiger charge is 2.15. The van der Waals surface area contributed by atoms with Crippen LogP contribution in [-0.4, -0.2) is 31.1 Å². The highest BCUT2D eigenvalue weighted by molar-refractivity contribution is 5.14. The van der Waals surface area contributed by atoms with E-state index >= 15 is 0 Å². The molecule has 2 nitrogen and oxygen atoms in total. The van der Waals surface area contributed by atoms with E-state index in [1.807, 2.05) is 0 Å². The Bertz CT molecular complexity index is 376. The third kappa shape index (κ3) is 6.62. The summed E-state index contributed by atoms with van der Waals surface area (Å²) in [6.45, 7) is 5.80. The van der Waals surface area contributed by atoms with Gasteiger partial charge in [-0.2, -0.15) is 0 Å². The molecule has 2 rings (SSSR count). The van der Waals surface area contributed by atoms with Crippen molar-refractivity contribution in [3.05, 3.63) is 35.9 Å². The molecule has 0 amide bonds. The normalized spacial score (nSPS) is 23.2. The second kappa shape index (κ2) is 9.22. The van der Waals surface area contributed by atoms with Gasteiger partial charge in [-0.05, 0) is 57.3 Å². The zero-order valence-corrected chi connectivity index (χ0v) is 13.9. The highest BCUT2D eigenvalue weighted by Crippen LogP contribution is 2.22. The van der Waals surface area contributed by atoms with Crippen molar-refractivity contribution < 1.29 is 0 Å². The van der Waals surface area contributed by atoms with Crippen LogP contribution in [0.2, 0.25) is 0 Å². The van der Waals surface area contributed by atoms with Crippen molar-refractivity contribution in [2.75, 3.05) is 20.1 Å². The predicted molar refractivity (Wildman–Crippen MR) is 91.4 cm³/mol. The van der Waals surface area contributed by atoms with Crippen LogP contribution in [0.5, 0.6) is 0 Å². The summed E-state index contributed by atoms with van der Waals surface area (Å²) in [5, 5.41) is 3.77. The molecule has 1 aliphatic carbocycles. The second-order valence-corrected chi connectivity index (χ2v) is 6.84. The first-order valence-electron chi connectivity index (χ1n) is 8.70. The van der Waals surface area contributed by atoms with Gasteiger partial charge in [0.25, 0.3) is 0 Å². The van der Waals surface area contributed by atoms with E-state index in [9.17, 15) is 0 Å². The minimum atomic E-state index is 0.773. The molecular formula is C19H32N2. The number of hydrogen-bond donors (Lipinski definition) is 1. The summed E-state index contributed by atoms with van der Waals surface area (Å²) in [4.78, 5) is 2.42. The van der Waals surface area contributed by atoms with Gasteiger partial charge in [-0.1, -0.05) is 50.1 Å². The lowest BCUT2D eigenvalue weighted by molar-refractivity contribution is 0.314. The Labute approximate surface area is 130 Å². The molecule has 0 bridgehead atoms. The van der Waals surface area contributed by atoms with Gasteiger partial charge in [-0.15, -0.1) is 0 Å². The first-order valence-corrected chi connectivity index (χ1v) is 8.70. The highest BCUT2D eigenvalue weighted by atomic mass is 15.1. The van der Waals surface area contributed by atoms with Crippen LogP contribution in [0.3, 0.4) is 0 Å². The van der Waals surface area contributed by atoms with E-state index in [-0.39, 0.29) is 0 Å². The van der Waals surface area contributed by atoms with Crippen LogP contribution < -0.4 is 5.32 Å². The van der Waals surface area contributed by atoms with Gasteiger partial charge in [0.1, 0.15) is 0 Å². The first-order chi connectivity index (χ1) is 10.2. The molecule has 0 heterocycles. The average Bonchev–Trinajstić information content (AvgIpc) is 2.69.